The summed E-state index contributed by atoms with van der Waals surface area (Å²) in [4.78, 5) is 29.3. The Balaban J connectivity index is 1.61. The minimum Gasteiger partial charge on any atom is -0.454 e. The lowest BCUT2D eigenvalue weighted by Gasteiger charge is -2.34. The van der Waals surface area contributed by atoms with E-state index in [4.69, 9.17) is 32.7 Å². The zero-order valence-corrected chi connectivity index (χ0v) is 27.5. The normalized spacial score (nSPS) is 13.3. The number of benzene rings is 3. The highest BCUT2D eigenvalue weighted by atomic mass is 35.5. The number of ether oxygens (including phenoxy) is 2. The largest absolute Gasteiger partial charge is 0.454 e. The van der Waals surface area contributed by atoms with E-state index in [0.29, 0.717) is 32.8 Å². The van der Waals surface area contributed by atoms with Gasteiger partial charge in [0, 0.05) is 37.5 Å². The Bertz CT molecular complexity index is 1600. The number of carbonyl (C=O) groups excluding carboxylic acids is 2. The smallest absolute Gasteiger partial charge is 0.243 e. The van der Waals surface area contributed by atoms with Crippen LogP contribution < -0.4 is 19.1 Å². The molecule has 236 valence electrons. The van der Waals surface area contributed by atoms with Gasteiger partial charge < -0.3 is 19.7 Å². The van der Waals surface area contributed by atoms with Crippen molar-refractivity contribution in [1.29, 1.82) is 0 Å². The highest BCUT2D eigenvalue weighted by molar-refractivity contribution is 7.92. The third kappa shape index (κ3) is 9.03. The molecule has 0 radical (unpaired) electrons. The second-order valence-electron chi connectivity index (χ2n) is 11.7. The van der Waals surface area contributed by atoms with Gasteiger partial charge in [0.05, 0.1) is 22.0 Å². The number of anilines is 1. The van der Waals surface area contributed by atoms with Gasteiger partial charge in [-0.15, -0.1) is 0 Å². The predicted octanol–water partition coefficient (Wildman–Crippen LogP) is 5.82. The molecule has 0 aromatic heterocycles. The second-order valence-corrected chi connectivity index (χ2v) is 14.4. The summed E-state index contributed by atoms with van der Waals surface area (Å²) >= 11 is 12.4. The van der Waals surface area contributed by atoms with Crippen LogP contribution in [0.15, 0.2) is 66.7 Å². The van der Waals surface area contributed by atoms with Crippen molar-refractivity contribution in [3.05, 3.63) is 87.9 Å². The van der Waals surface area contributed by atoms with E-state index < -0.39 is 21.6 Å². The van der Waals surface area contributed by atoms with Crippen molar-refractivity contribution in [2.24, 2.45) is 0 Å². The number of sulfonamides is 1. The van der Waals surface area contributed by atoms with Crippen LogP contribution in [0.1, 0.15) is 44.7 Å². The van der Waals surface area contributed by atoms with Gasteiger partial charge in [-0.05, 0) is 62.6 Å². The van der Waals surface area contributed by atoms with Crippen LogP contribution in [0.3, 0.4) is 0 Å². The minimum atomic E-state index is -3.68. The highest BCUT2D eigenvalue weighted by Crippen LogP contribution is 2.36. The van der Waals surface area contributed by atoms with Gasteiger partial charge in [0.15, 0.2) is 11.5 Å². The second kappa shape index (κ2) is 14.1. The lowest BCUT2D eigenvalue weighted by atomic mass is 10.00. The van der Waals surface area contributed by atoms with Crippen LogP contribution in [-0.4, -0.2) is 56.3 Å². The van der Waals surface area contributed by atoms with Crippen molar-refractivity contribution >= 4 is 50.7 Å². The molecule has 1 aliphatic heterocycles. The number of rotatable bonds is 12. The molecule has 0 saturated heterocycles. The number of amides is 2. The molecule has 0 spiro atoms. The van der Waals surface area contributed by atoms with Crippen molar-refractivity contribution in [3.8, 4) is 11.5 Å². The topological polar surface area (TPSA) is 105 Å². The average molecular weight is 663 g/mol. The fourth-order valence-electron chi connectivity index (χ4n) is 4.89. The van der Waals surface area contributed by atoms with Crippen molar-refractivity contribution in [3.63, 3.8) is 0 Å². The van der Waals surface area contributed by atoms with Crippen LogP contribution in [0.2, 0.25) is 10.0 Å². The monoisotopic (exact) mass is 661 g/mol. The predicted molar refractivity (Wildman–Crippen MR) is 173 cm³/mol. The number of carbonyl (C=O) groups is 2. The maximum absolute atomic E-state index is 14.0. The summed E-state index contributed by atoms with van der Waals surface area (Å²) in [5.41, 5.74) is 1.46. The van der Waals surface area contributed by atoms with E-state index >= 15 is 0 Å². The molecule has 9 nitrogen and oxygen atoms in total. The molecule has 2 amide bonds. The molecule has 0 bridgehead atoms. The summed E-state index contributed by atoms with van der Waals surface area (Å²) in [6.07, 6.45) is 1.59. The molecule has 1 atom stereocenters. The lowest BCUT2D eigenvalue weighted by Crippen LogP contribution is -2.54. The van der Waals surface area contributed by atoms with Gasteiger partial charge in [-0.3, -0.25) is 13.9 Å². The van der Waals surface area contributed by atoms with Crippen molar-refractivity contribution in [1.82, 2.24) is 10.2 Å². The number of halogens is 2. The lowest BCUT2D eigenvalue weighted by molar-refractivity contribution is -0.142. The van der Waals surface area contributed by atoms with Gasteiger partial charge in [-0.1, -0.05) is 59.6 Å². The van der Waals surface area contributed by atoms with Crippen LogP contribution >= 0.6 is 23.2 Å². The molecule has 3 aromatic carbocycles. The molecular weight excluding hydrogens is 625 g/mol. The zero-order chi connectivity index (χ0) is 32.1. The van der Waals surface area contributed by atoms with Crippen LogP contribution in [0.25, 0.3) is 0 Å². The number of nitrogens with one attached hydrogen (secondary N) is 1. The number of nitrogens with zero attached hydrogens (tertiary/aromatic N) is 2. The van der Waals surface area contributed by atoms with E-state index in [9.17, 15) is 18.0 Å². The highest BCUT2D eigenvalue weighted by Gasteiger charge is 2.32. The summed E-state index contributed by atoms with van der Waals surface area (Å²) in [5, 5.41) is 3.74. The van der Waals surface area contributed by atoms with Crippen LogP contribution in [0.5, 0.6) is 11.5 Å². The van der Waals surface area contributed by atoms with Crippen LogP contribution in [0, 0.1) is 0 Å². The Hall–Kier alpha value is -3.47. The molecule has 0 saturated carbocycles. The summed E-state index contributed by atoms with van der Waals surface area (Å²) in [6.45, 7) is 5.85. The first-order chi connectivity index (χ1) is 20.7. The third-order valence-electron chi connectivity index (χ3n) is 6.90. The number of hydrogen-bond acceptors (Lipinski definition) is 6. The molecule has 0 unspecified atom stereocenters. The first kappa shape index (κ1) is 33.4. The van der Waals surface area contributed by atoms with E-state index in [0.717, 1.165) is 11.8 Å². The molecule has 4 rings (SSSR count). The third-order valence-corrected chi connectivity index (χ3v) is 8.84. The standard InChI is InChI=1S/C32H37Cl2N3O6S/c1-32(2,3)35-31(39)27(18-22-9-6-5-7-10-22)36(20-23-12-14-25(33)26(34)17-23)30(38)11-8-16-37(44(4,40)41)24-13-15-28-29(19-24)43-21-42-28/h5-7,9-10,12-15,17,19,27H,8,11,16,18,20-21H2,1-4H3,(H,35,39)/t27-/m0/s1. The molecule has 12 heteroatoms. The molecule has 0 fully saturated rings. The van der Waals surface area contributed by atoms with E-state index in [1.807, 2.05) is 51.1 Å². The van der Waals surface area contributed by atoms with Gasteiger partial charge in [0.1, 0.15) is 6.04 Å². The van der Waals surface area contributed by atoms with Gasteiger partial charge >= 0.3 is 0 Å². The van der Waals surface area contributed by atoms with E-state index in [1.54, 1.807) is 41.3 Å². The molecule has 0 aliphatic carbocycles. The molecule has 1 N–H and O–H groups in total. The van der Waals surface area contributed by atoms with E-state index in [2.05, 4.69) is 5.32 Å². The fourth-order valence-corrected chi connectivity index (χ4v) is 6.16. The fraction of sp³-hybridized carbons (Fsp3) is 0.375. The van der Waals surface area contributed by atoms with Crippen LogP contribution in [-0.2, 0) is 32.6 Å². The molecule has 1 heterocycles. The molecule has 44 heavy (non-hydrogen) atoms. The zero-order valence-electron chi connectivity index (χ0n) is 25.2. The van der Waals surface area contributed by atoms with Crippen molar-refractivity contribution in [2.75, 3.05) is 23.9 Å². The quantitative estimate of drug-likeness (QED) is 0.262. The first-order valence-corrected chi connectivity index (χ1v) is 16.8. The molecule has 1 aliphatic rings. The Morgan fingerprint density at radius 1 is 0.932 bits per heavy atom. The van der Waals surface area contributed by atoms with E-state index in [-0.39, 0.29) is 51.0 Å². The Morgan fingerprint density at radius 3 is 2.30 bits per heavy atom. The maximum Gasteiger partial charge on any atom is 0.243 e. The SMILES string of the molecule is CC(C)(C)NC(=O)[C@H](Cc1ccccc1)N(Cc1ccc(Cl)c(Cl)c1)C(=O)CCCN(c1ccc2c(c1)OCO2)S(C)(=O)=O. The van der Waals surface area contributed by atoms with Gasteiger partial charge in [0.25, 0.3) is 0 Å². The van der Waals surface area contributed by atoms with Crippen molar-refractivity contribution < 1.29 is 27.5 Å². The van der Waals surface area contributed by atoms with Crippen LogP contribution in [0.4, 0.5) is 5.69 Å². The van der Waals surface area contributed by atoms with Crippen molar-refractivity contribution in [2.45, 2.75) is 58.2 Å². The van der Waals surface area contributed by atoms with E-state index in [1.165, 1.54) is 4.31 Å². The summed E-state index contributed by atoms with van der Waals surface area (Å²) in [5.74, 6) is 0.384. The molecular formula is C32H37Cl2N3O6S. The maximum atomic E-state index is 14.0. The first-order valence-electron chi connectivity index (χ1n) is 14.2. The van der Waals surface area contributed by atoms with Gasteiger partial charge in [0.2, 0.25) is 28.6 Å². The summed E-state index contributed by atoms with van der Waals surface area (Å²) < 4.78 is 37.5. The number of fused-ring (bicyclic) bond motifs is 1. The van der Waals surface area contributed by atoms with Gasteiger partial charge in [-0.25, -0.2) is 8.42 Å². The Labute approximate surface area is 269 Å². The average Bonchev–Trinajstić information content (AvgIpc) is 3.42. The minimum absolute atomic E-state index is 0.00796. The Kier molecular flexibility index (Phi) is 10.7. The molecule has 3 aromatic rings. The summed E-state index contributed by atoms with van der Waals surface area (Å²) in [6, 6.07) is 18.6. The summed E-state index contributed by atoms with van der Waals surface area (Å²) in [7, 11) is -3.68. The Morgan fingerprint density at radius 2 is 1.64 bits per heavy atom. The number of hydrogen-bond donors (Lipinski definition) is 1. The van der Waals surface area contributed by atoms with Gasteiger partial charge in [-0.2, -0.15) is 0 Å².